The molecule has 0 spiro atoms. The molecule has 1 fully saturated rings. The van der Waals surface area contributed by atoms with Gasteiger partial charge in [0.2, 0.25) is 0 Å². The number of halogens is 1. The summed E-state index contributed by atoms with van der Waals surface area (Å²) < 4.78 is 14.8. The van der Waals surface area contributed by atoms with Crippen LogP contribution < -0.4 is 9.47 Å². The lowest BCUT2D eigenvalue weighted by Crippen LogP contribution is -2.34. The number of amides is 2. The third kappa shape index (κ3) is 3.65. The Morgan fingerprint density at radius 2 is 1.83 bits per heavy atom. The van der Waals surface area contributed by atoms with Crippen molar-refractivity contribution >= 4 is 46.6 Å². The van der Waals surface area contributed by atoms with E-state index in [2.05, 4.69) is 4.74 Å². The molecule has 128 valence electrons. The first-order chi connectivity index (χ1) is 11.4. The number of hydrogen-bond donors (Lipinski definition) is 0. The highest BCUT2D eigenvalue weighted by Crippen LogP contribution is 2.37. The van der Waals surface area contributed by atoms with Crippen LogP contribution in [-0.2, 0) is 14.3 Å². The Bertz CT molecular complexity index is 733. The third-order valence-electron chi connectivity index (χ3n) is 3.18. The molecule has 0 N–H and O–H groups in total. The van der Waals surface area contributed by atoms with Gasteiger partial charge in [0.1, 0.15) is 6.54 Å². The summed E-state index contributed by atoms with van der Waals surface area (Å²) >= 11 is 6.89. The molecule has 1 aliphatic rings. The number of methoxy groups -OCH3 is 3. The summed E-state index contributed by atoms with van der Waals surface area (Å²) in [6, 6.07) is 3.14. The molecule has 9 heteroatoms. The fourth-order valence-corrected chi connectivity index (χ4v) is 2.99. The van der Waals surface area contributed by atoms with Crippen LogP contribution in [0.25, 0.3) is 6.08 Å². The topological polar surface area (TPSA) is 82.1 Å². The van der Waals surface area contributed by atoms with E-state index in [0.717, 1.165) is 16.7 Å². The Morgan fingerprint density at radius 1 is 1.21 bits per heavy atom. The van der Waals surface area contributed by atoms with E-state index in [-0.39, 0.29) is 4.91 Å². The molecule has 1 aromatic rings. The maximum atomic E-state index is 12.3. The molecule has 0 aliphatic carbocycles. The second-order valence-electron chi connectivity index (χ2n) is 4.57. The van der Waals surface area contributed by atoms with E-state index in [1.54, 1.807) is 12.1 Å². The standard InChI is InChI=1S/C15H14ClNO6S/c1-21-10-4-8(9(16)6-11(10)22-2)5-12-14(19)17(15(20)24-12)7-13(18)23-3/h4-6H,7H2,1-3H3/b12-5+. The summed E-state index contributed by atoms with van der Waals surface area (Å²) in [7, 11) is 4.13. The number of imide groups is 1. The van der Waals surface area contributed by atoms with Crippen molar-refractivity contribution < 1.29 is 28.6 Å². The second kappa shape index (κ2) is 7.59. The van der Waals surface area contributed by atoms with Crippen molar-refractivity contribution in [2.24, 2.45) is 0 Å². The minimum atomic E-state index is -0.678. The van der Waals surface area contributed by atoms with E-state index in [0.29, 0.717) is 22.1 Å². The highest BCUT2D eigenvalue weighted by atomic mass is 35.5. The number of rotatable bonds is 5. The van der Waals surface area contributed by atoms with Gasteiger partial charge in [0, 0.05) is 6.07 Å². The zero-order valence-corrected chi connectivity index (χ0v) is 14.7. The number of esters is 1. The van der Waals surface area contributed by atoms with Crippen molar-refractivity contribution in [1.29, 1.82) is 0 Å². The average Bonchev–Trinajstić information content (AvgIpc) is 2.83. The zero-order chi connectivity index (χ0) is 17.9. The number of ether oxygens (including phenoxy) is 3. The Kier molecular flexibility index (Phi) is 5.74. The Balaban J connectivity index is 2.34. The number of hydrogen-bond acceptors (Lipinski definition) is 7. The van der Waals surface area contributed by atoms with E-state index >= 15 is 0 Å². The van der Waals surface area contributed by atoms with Crippen LogP contribution in [0, 0.1) is 0 Å². The second-order valence-corrected chi connectivity index (χ2v) is 5.97. The molecule has 0 bridgehead atoms. The highest BCUT2D eigenvalue weighted by Gasteiger charge is 2.36. The summed E-state index contributed by atoms with van der Waals surface area (Å²) in [5.41, 5.74) is 0.484. The fraction of sp³-hybridized carbons (Fsp3) is 0.267. The van der Waals surface area contributed by atoms with Crippen molar-refractivity contribution in [3.05, 3.63) is 27.6 Å². The van der Waals surface area contributed by atoms with Crippen LogP contribution in [0.4, 0.5) is 4.79 Å². The fourth-order valence-electron chi connectivity index (χ4n) is 1.95. The molecular formula is C15H14ClNO6S. The molecule has 0 saturated carbocycles. The van der Waals surface area contributed by atoms with Crippen LogP contribution in [0.15, 0.2) is 17.0 Å². The molecule has 2 amide bonds. The third-order valence-corrected chi connectivity index (χ3v) is 4.41. The SMILES string of the molecule is COC(=O)CN1C(=O)S/C(=C/c2cc(OC)c(OC)cc2Cl)C1=O. The normalized spacial score (nSPS) is 15.8. The maximum absolute atomic E-state index is 12.3. The molecule has 0 radical (unpaired) electrons. The molecule has 1 aromatic carbocycles. The Morgan fingerprint density at radius 3 is 2.42 bits per heavy atom. The number of carbonyl (C=O) groups excluding carboxylic acids is 3. The Hall–Kier alpha value is -2.19. The first-order valence-corrected chi connectivity index (χ1v) is 7.84. The van der Waals surface area contributed by atoms with Crippen LogP contribution in [0.1, 0.15) is 5.56 Å². The summed E-state index contributed by atoms with van der Waals surface area (Å²) in [5, 5.41) is -0.222. The molecular weight excluding hydrogens is 358 g/mol. The predicted octanol–water partition coefficient (Wildman–Crippen LogP) is 2.57. The van der Waals surface area contributed by atoms with Crippen LogP contribution >= 0.6 is 23.4 Å². The van der Waals surface area contributed by atoms with Gasteiger partial charge in [-0.15, -0.1) is 0 Å². The predicted molar refractivity (Wildman–Crippen MR) is 89.2 cm³/mol. The first-order valence-electron chi connectivity index (χ1n) is 6.65. The van der Waals surface area contributed by atoms with Crippen molar-refractivity contribution in [3.8, 4) is 11.5 Å². The van der Waals surface area contributed by atoms with Gasteiger partial charge in [0.15, 0.2) is 11.5 Å². The van der Waals surface area contributed by atoms with Crippen molar-refractivity contribution in [2.75, 3.05) is 27.9 Å². The highest BCUT2D eigenvalue weighted by molar-refractivity contribution is 8.18. The van der Waals surface area contributed by atoms with E-state index in [1.807, 2.05) is 0 Å². The van der Waals surface area contributed by atoms with Crippen LogP contribution in [0.5, 0.6) is 11.5 Å². The summed E-state index contributed by atoms with van der Waals surface area (Å²) in [6.07, 6.45) is 1.46. The smallest absolute Gasteiger partial charge is 0.325 e. The molecule has 1 heterocycles. The van der Waals surface area contributed by atoms with Gasteiger partial charge in [-0.05, 0) is 29.5 Å². The van der Waals surface area contributed by atoms with Gasteiger partial charge in [-0.3, -0.25) is 19.3 Å². The lowest BCUT2D eigenvalue weighted by atomic mass is 10.1. The van der Waals surface area contributed by atoms with Crippen molar-refractivity contribution in [1.82, 2.24) is 4.90 Å². The molecule has 0 aromatic heterocycles. The van der Waals surface area contributed by atoms with Gasteiger partial charge in [-0.25, -0.2) is 0 Å². The van der Waals surface area contributed by atoms with Gasteiger partial charge < -0.3 is 14.2 Å². The monoisotopic (exact) mass is 371 g/mol. The van der Waals surface area contributed by atoms with E-state index in [1.165, 1.54) is 27.4 Å². The number of nitrogens with zero attached hydrogens (tertiary/aromatic N) is 1. The van der Waals surface area contributed by atoms with Crippen LogP contribution in [0.2, 0.25) is 5.02 Å². The summed E-state index contributed by atoms with van der Waals surface area (Å²) in [4.78, 5) is 36.4. The van der Waals surface area contributed by atoms with E-state index in [4.69, 9.17) is 21.1 Å². The minimum Gasteiger partial charge on any atom is -0.493 e. The van der Waals surface area contributed by atoms with Gasteiger partial charge in [0.05, 0.1) is 31.3 Å². The number of thioether (sulfide) groups is 1. The Labute approximate surface area is 147 Å². The molecule has 1 saturated heterocycles. The summed E-state index contributed by atoms with van der Waals surface area (Å²) in [6.45, 7) is -0.432. The summed E-state index contributed by atoms with van der Waals surface area (Å²) in [5.74, 6) is -0.385. The quantitative estimate of drug-likeness (QED) is 0.581. The molecule has 2 rings (SSSR count). The van der Waals surface area contributed by atoms with Gasteiger partial charge in [-0.1, -0.05) is 11.6 Å². The van der Waals surface area contributed by atoms with Crippen LogP contribution in [0.3, 0.4) is 0 Å². The van der Waals surface area contributed by atoms with E-state index in [9.17, 15) is 14.4 Å². The lowest BCUT2D eigenvalue weighted by molar-refractivity contribution is -0.143. The molecule has 1 aliphatic heterocycles. The first kappa shape index (κ1) is 18.2. The lowest BCUT2D eigenvalue weighted by Gasteiger charge is -2.10. The zero-order valence-electron chi connectivity index (χ0n) is 13.1. The molecule has 24 heavy (non-hydrogen) atoms. The van der Waals surface area contributed by atoms with Crippen molar-refractivity contribution in [2.45, 2.75) is 0 Å². The molecule has 0 unspecified atom stereocenters. The van der Waals surface area contributed by atoms with E-state index < -0.39 is 23.7 Å². The number of benzene rings is 1. The maximum Gasteiger partial charge on any atom is 0.325 e. The molecule has 0 atom stereocenters. The molecule has 7 nitrogen and oxygen atoms in total. The largest absolute Gasteiger partial charge is 0.493 e. The van der Waals surface area contributed by atoms with Gasteiger partial charge >= 0.3 is 5.97 Å². The minimum absolute atomic E-state index is 0.151. The van der Waals surface area contributed by atoms with Gasteiger partial charge in [-0.2, -0.15) is 0 Å². The van der Waals surface area contributed by atoms with Gasteiger partial charge in [0.25, 0.3) is 11.1 Å². The van der Waals surface area contributed by atoms with Crippen molar-refractivity contribution in [3.63, 3.8) is 0 Å². The number of carbonyl (C=O) groups is 3. The van der Waals surface area contributed by atoms with Crippen LogP contribution in [-0.4, -0.2) is 49.9 Å². The average molecular weight is 372 g/mol.